The molecule has 2 rings (SSSR count). The van der Waals surface area contributed by atoms with Crippen molar-refractivity contribution in [3.05, 3.63) is 63.4 Å². The molecule has 0 aliphatic heterocycles. The van der Waals surface area contributed by atoms with E-state index in [4.69, 9.17) is 0 Å². The van der Waals surface area contributed by atoms with Gasteiger partial charge in [-0.1, -0.05) is 28.1 Å². The van der Waals surface area contributed by atoms with Crippen LogP contribution in [0, 0.1) is 29.1 Å². The third-order valence-corrected chi connectivity index (χ3v) is 3.18. The molecule has 22 heavy (non-hydrogen) atoms. The Labute approximate surface area is 129 Å². The van der Waals surface area contributed by atoms with Gasteiger partial charge in [0.2, 0.25) is 34.8 Å². The molecule has 0 aromatic heterocycles. The van der Waals surface area contributed by atoms with E-state index >= 15 is 0 Å². The summed E-state index contributed by atoms with van der Waals surface area (Å²) in [5.74, 6) is -13.8. The van der Waals surface area contributed by atoms with Gasteiger partial charge in [0, 0.05) is 4.47 Å². The second-order valence-corrected chi connectivity index (χ2v) is 5.09. The van der Waals surface area contributed by atoms with Crippen molar-refractivity contribution in [2.45, 2.75) is 6.42 Å². The first-order chi connectivity index (χ1) is 10.3. The molecule has 2 aromatic rings. The Hall–Kier alpha value is -1.96. The summed E-state index contributed by atoms with van der Waals surface area (Å²) in [6, 6.07) is 6.29. The number of rotatable bonds is 3. The number of esters is 1. The van der Waals surface area contributed by atoms with Gasteiger partial charge in [-0.15, -0.1) is 0 Å². The van der Waals surface area contributed by atoms with Crippen LogP contribution in [0.15, 0.2) is 28.7 Å². The van der Waals surface area contributed by atoms with Gasteiger partial charge in [-0.3, -0.25) is 4.79 Å². The van der Waals surface area contributed by atoms with E-state index in [1.807, 2.05) is 0 Å². The van der Waals surface area contributed by atoms with Crippen LogP contribution in [0.1, 0.15) is 5.56 Å². The highest BCUT2D eigenvalue weighted by Gasteiger charge is 2.28. The SMILES string of the molecule is O=C(Cc1ccc(Br)cc1)Oc1c(F)c(F)c(F)c(F)c1F. The fourth-order valence-corrected chi connectivity index (χ4v) is 1.86. The zero-order valence-electron chi connectivity index (χ0n) is 10.6. The van der Waals surface area contributed by atoms with E-state index in [1.54, 1.807) is 12.1 Å². The van der Waals surface area contributed by atoms with Crippen LogP contribution in [-0.2, 0) is 11.2 Å². The number of benzene rings is 2. The lowest BCUT2D eigenvalue weighted by Gasteiger charge is -2.09. The molecule has 116 valence electrons. The van der Waals surface area contributed by atoms with Gasteiger partial charge in [0.1, 0.15) is 0 Å². The lowest BCUT2D eigenvalue weighted by Crippen LogP contribution is -2.15. The Morgan fingerprint density at radius 2 is 1.32 bits per heavy atom. The number of ether oxygens (including phenoxy) is 1. The van der Waals surface area contributed by atoms with E-state index in [0.29, 0.717) is 5.56 Å². The van der Waals surface area contributed by atoms with Crippen LogP contribution in [0.4, 0.5) is 22.0 Å². The van der Waals surface area contributed by atoms with Gasteiger partial charge in [0.05, 0.1) is 6.42 Å². The number of hydrogen-bond donors (Lipinski definition) is 0. The van der Waals surface area contributed by atoms with Crippen molar-refractivity contribution in [3.63, 3.8) is 0 Å². The molecule has 0 saturated heterocycles. The van der Waals surface area contributed by atoms with Crippen LogP contribution in [0.5, 0.6) is 5.75 Å². The Bertz CT molecular complexity index is 702. The number of carbonyl (C=O) groups is 1. The number of carbonyl (C=O) groups excluding carboxylic acids is 1. The highest BCUT2D eigenvalue weighted by atomic mass is 79.9. The fourth-order valence-electron chi connectivity index (χ4n) is 1.59. The Morgan fingerprint density at radius 3 is 1.82 bits per heavy atom. The Morgan fingerprint density at radius 1 is 0.864 bits per heavy atom. The minimum absolute atomic E-state index is 0.396. The first kappa shape index (κ1) is 16.4. The molecular weight excluding hydrogens is 375 g/mol. The maximum absolute atomic E-state index is 13.4. The van der Waals surface area contributed by atoms with Crippen molar-refractivity contribution >= 4 is 21.9 Å². The van der Waals surface area contributed by atoms with Gasteiger partial charge in [-0.05, 0) is 17.7 Å². The van der Waals surface area contributed by atoms with E-state index in [9.17, 15) is 26.7 Å². The number of hydrogen-bond acceptors (Lipinski definition) is 2. The minimum Gasteiger partial charge on any atom is -0.420 e. The van der Waals surface area contributed by atoms with Gasteiger partial charge in [-0.25, -0.2) is 13.2 Å². The molecule has 0 amide bonds. The average molecular weight is 381 g/mol. The average Bonchev–Trinajstić information content (AvgIpc) is 2.50. The van der Waals surface area contributed by atoms with E-state index in [0.717, 1.165) is 4.47 Å². The van der Waals surface area contributed by atoms with Crippen molar-refractivity contribution in [1.82, 2.24) is 0 Å². The molecule has 0 atom stereocenters. The van der Waals surface area contributed by atoms with Crippen LogP contribution in [-0.4, -0.2) is 5.97 Å². The van der Waals surface area contributed by atoms with Gasteiger partial charge in [0.25, 0.3) is 0 Å². The van der Waals surface area contributed by atoms with Crippen LogP contribution < -0.4 is 4.74 Å². The van der Waals surface area contributed by atoms with Crippen LogP contribution in [0.25, 0.3) is 0 Å². The maximum Gasteiger partial charge on any atom is 0.315 e. The number of halogens is 6. The smallest absolute Gasteiger partial charge is 0.315 e. The monoisotopic (exact) mass is 380 g/mol. The second-order valence-electron chi connectivity index (χ2n) is 4.18. The van der Waals surface area contributed by atoms with Crippen molar-refractivity contribution in [2.75, 3.05) is 0 Å². The molecule has 0 saturated carbocycles. The molecule has 0 unspecified atom stereocenters. The van der Waals surface area contributed by atoms with Crippen molar-refractivity contribution in [2.24, 2.45) is 0 Å². The first-order valence-electron chi connectivity index (χ1n) is 5.77. The molecule has 8 heteroatoms. The maximum atomic E-state index is 13.4. The quantitative estimate of drug-likeness (QED) is 0.261. The van der Waals surface area contributed by atoms with Crippen LogP contribution >= 0.6 is 15.9 Å². The third kappa shape index (κ3) is 3.27. The van der Waals surface area contributed by atoms with Gasteiger partial charge >= 0.3 is 5.97 Å². The topological polar surface area (TPSA) is 26.3 Å². The zero-order chi connectivity index (χ0) is 16.4. The van der Waals surface area contributed by atoms with Crippen LogP contribution in [0.2, 0.25) is 0 Å². The van der Waals surface area contributed by atoms with Gasteiger partial charge in [-0.2, -0.15) is 8.78 Å². The second kappa shape index (κ2) is 6.43. The lowest BCUT2D eigenvalue weighted by atomic mass is 10.1. The first-order valence-corrected chi connectivity index (χ1v) is 6.57. The third-order valence-electron chi connectivity index (χ3n) is 2.65. The molecule has 0 N–H and O–H groups in total. The predicted molar refractivity (Wildman–Crippen MR) is 69.7 cm³/mol. The molecule has 2 aromatic carbocycles. The summed E-state index contributed by atoms with van der Waals surface area (Å²) < 4.78 is 70.5. The minimum atomic E-state index is -2.32. The standard InChI is InChI=1S/C14H6BrF5O2/c15-7-3-1-6(2-4-7)5-8(21)22-14-12(19)10(17)9(16)11(18)13(14)20/h1-4H,5H2. The molecule has 0 bridgehead atoms. The van der Waals surface area contributed by atoms with Gasteiger partial charge in [0.15, 0.2) is 0 Å². The summed E-state index contributed by atoms with van der Waals surface area (Å²) in [7, 11) is 0. The molecule has 0 radical (unpaired) electrons. The summed E-state index contributed by atoms with van der Waals surface area (Å²) >= 11 is 3.17. The zero-order valence-corrected chi connectivity index (χ0v) is 12.2. The van der Waals surface area contributed by atoms with E-state index in [2.05, 4.69) is 20.7 Å². The molecule has 0 heterocycles. The molecule has 2 nitrogen and oxygen atoms in total. The summed E-state index contributed by atoms with van der Waals surface area (Å²) in [5.41, 5.74) is 0.442. The van der Waals surface area contributed by atoms with Gasteiger partial charge < -0.3 is 4.74 Å². The summed E-state index contributed by atoms with van der Waals surface area (Å²) in [6.45, 7) is 0. The van der Waals surface area contributed by atoms with Crippen molar-refractivity contribution < 1.29 is 31.5 Å². The summed E-state index contributed by atoms with van der Waals surface area (Å²) in [4.78, 5) is 11.6. The largest absolute Gasteiger partial charge is 0.420 e. The lowest BCUT2D eigenvalue weighted by molar-refractivity contribution is -0.134. The van der Waals surface area contributed by atoms with E-state index in [-0.39, 0.29) is 0 Å². The summed E-state index contributed by atoms with van der Waals surface area (Å²) in [5, 5.41) is 0. The van der Waals surface area contributed by atoms with E-state index in [1.165, 1.54) is 12.1 Å². The molecule has 0 spiro atoms. The van der Waals surface area contributed by atoms with Crippen molar-refractivity contribution in [3.8, 4) is 5.75 Å². The van der Waals surface area contributed by atoms with E-state index < -0.39 is 47.2 Å². The van der Waals surface area contributed by atoms with Crippen LogP contribution in [0.3, 0.4) is 0 Å². The molecule has 0 aliphatic rings. The highest BCUT2D eigenvalue weighted by Crippen LogP contribution is 2.29. The van der Waals surface area contributed by atoms with Crippen molar-refractivity contribution in [1.29, 1.82) is 0 Å². The normalized spacial score (nSPS) is 10.6. The Balaban J connectivity index is 2.24. The molecular formula is C14H6BrF5O2. The fraction of sp³-hybridized carbons (Fsp3) is 0.0714. The summed E-state index contributed by atoms with van der Waals surface area (Å²) in [6.07, 6.45) is -0.396. The Kier molecular flexibility index (Phi) is 4.80. The molecule has 0 fully saturated rings. The molecule has 0 aliphatic carbocycles. The highest BCUT2D eigenvalue weighted by molar-refractivity contribution is 9.10. The predicted octanol–water partition coefficient (Wildman–Crippen LogP) is 4.29.